The second-order valence-electron chi connectivity index (χ2n) is 4.85. The summed E-state index contributed by atoms with van der Waals surface area (Å²) in [5.74, 6) is 0.670. The van der Waals surface area contributed by atoms with Gasteiger partial charge in [0, 0.05) is 17.3 Å². The SMILES string of the molecule is CC=C(C(=N)c1ccccc1)c1ncc2ccc(C#N)cn12. The second kappa shape index (κ2) is 5.66. The van der Waals surface area contributed by atoms with Crippen molar-refractivity contribution in [3.8, 4) is 6.07 Å². The lowest BCUT2D eigenvalue weighted by atomic mass is 10.0. The van der Waals surface area contributed by atoms with E-state index in [9.17, 15) is 0 Å². The molecular weight excluding hydrogens is 272 g/mol. The topological polar surface area (TPSA) is 64.9 Å². The van der Waals surface area contributed by atoms with Gasteiger partial charge in [-0.05, 0) is 19.1 Å². The van der Waals surface area contributed by atoms with E-state index in [1.807, 2.05) is 53.8 Å². The zero-order chi connectivity index (χ0) is 15.5. The maximum atomic E-state index is 9.07. The highest BCUT2D eigenvalue weighted by atomic mass is 15.0. The molecular formula is C18H14N4. The van der Waals surface area contributed by atoms with Crippen LogP contribution in [0.1, 0.15) is 23.9 Å². The number of pyridine rings is 1. The van der Waals surface area contributed by atoms with Crippen molar-refractivity contribution < 1.29 is 0 Å². The molecule has 0 radical (unpaired) electrons. The second-order valence-corrected chi connectivity index (χ2v) is 4.85. The zero-order valence-corrected chi connectivity index (χ0v) is 12.1. The van der Waals surface area contributed by atoms with Gasteiger partial charge in [-0.25, -0.2) is 4.98 Å². The molecule has 0 unspecified atom stereocenters. The maximum Gasteiger partial charge on any atom is 0.146 e. The van der Waals surface area contributed by atoms with Gasteiger partial charge in [-0.3, -0.25) is 9.81 Å². The van der Waals surface area contributed by atoms with Gasteiger partial charge in [-0.15, -0.1) is 0 Å². The molecule has 0 saturated carbocycles. The fraction of sp³-hybridized carbons (Fsp3) is 0.0556. The first-order chi connectivity index (χ1) is 10.7. The number of nitrogens with zero attached hydrogens (tertiary/aromatic N) is 3. The molecule has 4 heteroatoms. The first-order valence-electron chi connectivity index (χ1n) is 6.93. The third kappa shape index (κ3) is 2.29. The van der Waals surface area contributed by atoms with E-state index >= 15 is 0 Å². The molecule has 0 amide bonds. The van der Waals surface area contributed by atoms with Gasteiger partial charge in [0.25, 0.3) is 0 Å². The van der Waals surface area contributed by atoms with Crippen molar-refractivity contribution in [3.63, 3.8) is 0 Å². The Bertz CT molecular complexity index is 911. The number of benzene rings is 1. The molecule has 1 aromatic carbocycles. The maximum absolute atomic E-state index is 9.07. The zero-order valence-electron chi connectivity index (χ0n) is 12.1. The number of allylic oxidation sites excluding steroid dienone is 2. The van der Waals surface area contributed by atoms with Gasteiger partial charge >= 0.3 is 0 Å². The molecule has 22 heavy (non-hydrogen) atoms. The summed E-state index contributed by atoms with van der Waals surface area (Å²) in [6, 6.07) is 15.3. The molecule has 0 aliphatic carbocycles. The van der Waals surface area contributed by atoms with E-state index in [4.69, 9.17) is 10.7 Å². The van der Waals surface area contributed by atoms with Crippen molar-refractivity contribution in [1.82, 2.24) is 9.38 Å². The van der Waals surface area contributed by atoms with Crippen LogP contribution in [-0.4, -0.2) is 15.1 Å². The van der Waals surface area contributed by atoms with Crippen molar-refractivity contribution in [2.45, 2.75) is 6.92 Å². The molecule has 0 atom stereocenters. The van der Waals surface area contributed by atoms with E-state index in [2.05, 4.69) is 11.1 Å². The summed E-state index contributed by atoms with van der Waals surface area (Å²) in [7, 11) is 0. The summed E-state index contributed by atoms with van der Waals surface area (Å²) in [6.07, 6.45) is 5.38. The standard InChI is InChI=1S/C18H14N4/c1-2-16(17(20)14-6-4-3-5-7-14)18-21-11-15-9-8-13(10-19)12-22(15)18/h2-9,11-12,20H,1H3. The highest BCUT2D eigenvalue weighted by Gasteiger charge is 2.15. The van der Waals surface area contributed by atoms with Crippen LogP contribution >= 0.6 is 0 Å². The van der Waals surface area contributed by atoms with E-state index in [1.165, 1.54) is 0 Å². The Morgan fingerprint density at radius 2 is 2.00 bits per heavy atom. The van der Waals surface area contributed by atoms with Crippen molar-refractivity contribution in [2.75, 3.05) is 0 Å². The third-order valence-corrected chi connectivity index (χ3v) is 3.52. The van der Waals surface area contributed by atoms with Gasteiger partial charge in [0.2, 0.25) is 0 Å². The Balaban J connectivity index is 2.13. The molecule has 0 aliphatic rings. The number of hydrogen-bond donors (Lipinski definition) is 1. The van der Waals surface area contributed by atoms with Crippen molar-refractivity contribution >= 4 is 16.8 Å². The summed E-state index contributed by atoms with van der Waals surface area (Å²) in [6.45, 7) is 1.89. The lowest BCUT2D eigenvalue weighted by Gasteiger charge is -2.09. The molecule has 3 rings (SSSR count). The van der Waals surface area contributed by atoms with Crippen molar-refractivity contribution in [2.24, 2.45) is 0 Å². The van der Waals surface area contributed by atoms with Gasteiger partial charge in [0.15, 0.2) is 0 Å². The average molecular weight is 286 g/mol. The summed E-state index contributed by atoms with van der Waals surface area (Å²) in [4.78, 5) is 4.43. The number of fused-ring (bicyclic) bond motifs is 1. The van der Waals surface area contributed by atoms with Crippen LogP contribution in [0.5, 0.6) is 0 Å². The summed E-state index contributed by atoms with van der Waals surface area (Å²) >= 11 is 0. The van der Waals surface area contributed by atoms with Gasteiger partial charge in [0.1, 0.15) is 11.9 Å². The Morgan fingerprint density at radius 3 is 2.68 bits per heavy atom. The largest absolute Gasteiger partial charge is 0.300 e. The highest BCUT2D eigenvalue weighted by molar-refractivity contribution is 6.29. The van der Waals surface area contributed by atoms with E-state index < -0.39 is 0 Å². The first-order valence-corrected chi connectivity index (χ1v) is 6.93. The fourth-order valence-corrected chi connectivity index (χ4v) is 2.40. The molecule has 0 spiro atoms. The third-order valence-electron chi connectivity index (χ3n) is 3.52. The predicted molar refractivity (Wildman–Crippen MR) is 86.8 cm³/mol. The molecule has 106 valence electrons. The number of aromatic nitrogens is 2. The average Bonchev–Trinajstić information content (AvgIpc) is 2.99. The van der Waals surface area contributed by atoms with E-state index in [-0.39, 0.29) is 0 Å². The number of hydrogen-bond acceptors (Lipinski definition) is 3. The normalized spacial score (nSPS) is 11.4. The van der Waals surface area contributed by atoms with E-state index in [0.717, 1.165) is 16.7 Å². The van der Waals surface area contributed by atoms with E-state index in [1.54, 1.807) is 18.5 Å². The number of nitriles is 1. The summed E-state index contributed by atoms with van der Waals surface area (Å²) in [5.41, 5.74) is 3.45. The minimum atomic E-state index is 0.415. The highest BCUT2D eigenvalue weighted by Crippen LogP contribution is 2.21. The number of rotatable bonds is 3. The lowest BCUT2D eigenvalue weighted by molar-refractivity contribution is 1.11. The molecule has 0 saturated heterocycles. The molecule has 2 aromatic heterocycles. The number of nitrogens with one attached hydrogen (secondary N) is 1. The van der Waals surface area contributed by atoms with Crippen LogP contribution in [0.2, 0.25) is 0 Å². The number of imidazole rings is 1. The van der Waals surface area contributed by atoms with Crippen LogP contribution in [0.25, 0.3) is 11.1 Å². The van der Waals surface area contributed by atoms with Crippen LogP contribution in [0.4, 0.5) is 0 Å². The van der Waals surface area contributed by atoms with Crippen LogP contribution in [0.15, 0.2) is 60.9 Å². The Hall–Kier alpha value is -3.19. The smallest absolute Gasteiger partial charge is 0.146 e. The summed E-state index contributed by atoms with van der Waals surface area (Å²) < 4.78 is 1.85. The van der Waals surface area contributed by atoms with Crippen LogP contribution in [0.3, 0.4) is 0 Å². The quantitative estimate of drug-likeness (QED) is 0.746. The molecule has 2 heterocycles. The van der Waals surface area contributed by atoms with Crippen molar-refractivity contribution in [3.05, 3.63) is 77.9 Å². The minimum Gasteiger partial charge on any atom is -0.300 e. The molecule has 1 N–H and O–H groups in total. The van der Waals surface area contributed by atoms with Gasteiger partial charge in [-0.1, -0.05) is 36.4 Å². The Morgan fingerprint density at radius 1 is 1.23 bits per heavy atom. The molecule has 3 aromatic rings. The van der Waals surface area contributed by atoms with Crippen LogP contribution < -0.4 is 0 Å². The molecule has 0 aliphatic heterocycles. The first kappa shape index (κ1) is 13.8. The van der Waals surface area contributed by atoms with Gasteiger partial charge in [-0.2, -0.15) is 5.26 Å². The molecule has 0 fully saturated rings. The Kier molecular flexibility index (Phi) is 3.55. The van der Waals surface area contributed by atoms with Crippen molar-refractivity contribution in [1.29, 1.82) is 10.7 Å². The van der Waals surface area contributed by atoms with Gasteiger partial charge in [0.05, 0.1) is 23.0 Å². The minimum absolute atomic E-state index is 0.415. The van der Waals surface area contributed by atoms with Gasteiger partial charge < -0.3 is 0 Å². The predicted octanol–water partition coefficient (Wildman–Crippen LogP) is 3.68. The molecule has 0 bridgehead atoms. The van der Waals surface area contributed by atoms with Crippen LogP contribution in [-0.2, 0) is 0 Å². The summed E-state index contributed by atoms with van der Waals surface area (Å²) in [5, 5.41) is 17.5. The Labute approximate surface area is 128 Å². The van der Waals surface area contributed by atoms with Crippen LogP contribution in [0, 0.1) is 16.7 Å². The van der Waals surface area contributed by atoms with E-state index in [0.29, 0.717) is 17.1 Å². The monoisotopic (exact) mass is 286 g/mol. The fourth-order valence-electron chi connectivity index (χ4n) is 2.40. The molecule has 4 nitrogen and oxygen atoms in total. The lowest BCUT2D eigenvalue weighted by Crippen LogP contribution is -2.06.